The summed E-state index contributed by atoms with van der Waals surface area (Å²) in [4.78, 5) is 22.3. The largest absolute Gasteiger partial charge is 0.483 e. The predicted octanol–water partition coefficient (Wildman–Crippen LogP) is 4.31. The molecule has 0 atom stereocenters. The molecule has 3 rings (SSSR count). The number of nitro benzene ring substituents is 1. The van der Waals surface area contributed by atoms with Crippen molar-refractivity contribution in [3.8, 4) is 17.1 Å². The summed E-state index contributed by atoms with van der Waals surface area (Å²) in [5, 5.41) is 14.6. The van der Waals surface area contributed by atoms with Crippen molar-refractivity contribution in [3.05, 3.63) is 81.1 Å². The zero-order valence-electron chi connectivity index (χ0n) is 16.8. The summed E-state index contributed by atoms with van der Waals surface area (Å²) in [5.41, 5.74) is 6.15. The first kappa shape index (κ1) is 20.8. The Kier molecular flexibility index (Phi) is 6.26. The molecule has 30 heavy (non-hydrogen) atoms. The number of furan rings is 1. The normalized spacial score (nSPS) is 10.9. The third kappa shape index (κ3) is 4.91. The number of hydrogen-bond acceptors (Lipinski definition) is 6. The molecule has 154 valence electrons. The minimum atomic E-state index is -0.460. The quantitative estimate of drug-likeness (QED) is 0.357. The average molecular weight is 407 g/mol. The minimum Gasteiger partial charge on any atom is -0.483 e. The average Bonchev–Trinajstić information content (AvgIpc) is 3.20. The van der Waals surface area contributed by atoms with E-state index in [9.17, 15) is 14.9 Å². The topological polar surface area (TPSA) is 107 Å². The van der Waals surface area contributed by atoms with E-state index < -0.39 is 10.8 Å². The van der Waals surface area contributed by atoms with Gasteiger partial charge in [-0.3, -0.25) is 14.9 Å². The van der Waals surface area contributed by atoms with Gasteiger partial charge in [-0.2, -0.15) is 5.10 Å². The number of aryl methyl sites for hydroxylation is 2. The van der Waals surface area contributed by atoms with Gasteiger partial charge in [0.15, 0.2) is 6.61 Å². The zero-order valence-corrected chi connectivity index (χ0v) is 16.8. The highest BCUT2D eigenvalue weighted by molar-refractivity contribution is 5.81. The summed E-state index contributed by atoms with van der Waals surface area (Å²) in [6.07, 6.45) is 1.37. The van der Waals surface area contributed by atoms with Gasteiger partial charge in [0.05, 0.1) is 11.1 Å². The lowest BCUT2D eigenvalue weighted by atomic mass is 10.1. The van der Waals surface area contributed by atoms with Crippen molar-refractivity contribution in [1.82, 2.24) is 5.43 Å². The van der Waals surface area contributed by atoms with Crippen LogP contribution in [-0.2, 0) is 4.79 Å². The van der Waals surface area contributed by atoms with Gasteiger partial charge in [0.25, 0.3) is 11.6 Å². The molecule has 0 fully saturated rings. The molecular formula is C22H21N3O5. The Morgan fingerprint density at radius 2 is 1.80 bits per heavy atom. The number of nitrogens with one attached hydrogen (secondary N) is 1. The van der Waals surface area contributed by atoms with Crippen molar-refractivity contribution in [2.24, 2.45) is 5.10 Å². The fourth-order valence-corrected chi connectivity index (χ4v) is 2.81. The third-order valence-electron chi connectivity index (χ3n) is 4.59. The Morgan fingerprint density at radius 1 is 1.10 bits per heavy atom. The molecule has 3 aromatic rings. The summed E-state index contributed by atoms with van der Waals surface area (Å²) < 4.78 is 11.3. The molecule has 8 heteroatoms. The second-order valence-corrected chi connectivity index (χ2v) is 6.74. The van der Waals surface area contributed by atoms with E-state index in [1.165, 1.54) is 18.3 Å². The molecule has 0 saturated carbocycles. The van der Waals surface area contributed by atoms with E-state index in [2.05, 4.69) is 10.5 Å². The predicted molar refractivity (Wildman–Crippen MR) is 113 cm³/mol. The monoisotopic (exact) mass is 407 g/mol. The molecule has 0 bridgehead atoms. The first-order chi connectivity index (χ1) is 14.3. The maximum absolute atomic E-state index is 12.0. The lowest BCUT2D eigenvalue weighted by Crippen LogP contribution is -2.25. The van der Waals surface area contributed by atoms with Gasteiger partial charge >= 0.3 is 0 Å². The standard InChI is InChI=1S/C22H21N3O5/c1-14-4-5-15(2)22(16(14)3)29-13-21(26)24-23-12-19-10-11-20(30-19)17-6-8-18(9-7-17)25(27)28/h4-12H,13H2,1-3H3,(H,24,26)/b23-12+. The van der Waals surface area contributed by atoms with Crippen LogP contribution in [0.4, 0.5) is 5.69 Å². The van der Waals surface area contributed by atoms with Gasteiger partial charge in [0, 0.05) is 17.7 Å². The first-order valence-electron chi connectivity index (χ1n) is 9.21. The molecule has 0 spiro atoms. The summed E-state index contributed by atoms with van der Waals surface area (Å²) in [5.74, 6) is 1.27. The van der Waals surface area contributed by atoms with Crippen molar-refractivity contribution in [3.63, 3.8) is 0 Å². The summed E-state index contributed by atoms with van der Waals surface area (Å²) >= 11 is 0. The summed E-state index contributed by atoms with van der Waals surface area (Å²) in [6, 6.07) is 13.4. The second-order valence-electron chi connectivity index (χ2n) is 6.74. The van der Waals surface area contributed by atoms with Gasteiger partial charge < -0.3 is 9.15 Å². The number of non-ortho nitro benzene ring substituents is 1. The van der Waals surface area contributed by atoms with Crippen LogP contribution in [0.1, 0.15) is 22.5 Å². The molecule has 2 aromatic carbocycles. The van der Waals surface area contributed by atoms with E-state index in [0.717, 1.165) is 16.7 Å². The Hall–Kier alpha value is -3.94. The molecule has 1 amide bonds. The minimum absolute atomic E-state index is 0.00748. The van der Waals surface area contributed by atoms with Gasteiger partial charge in [0.2, 0.25) is 0 Å². The lowest BCUT2D eigenvalue weighted by molar-refractivity contribution is -0.384. The van der Waals surface area contributed by atoms with Crippen LogP contribution in [0, 0.1) is 30.9 Å². The number of carbonyl (C=O) groups is 1. The van der Waals surface area contributed by atoms with Crippen LogP contribution in [0.2, 0.25) is 0 Å². The fraction of sp³-hybridized carbons (Fsp3) is 0.182. The highest BCUT2D eigenvalue weighted by atomic mass is 16.6. The van der Waals surface area contributed by atoms with Crippen LogP contribution < -0.4 is 10.2 Å². The van der Waals surface area contributed by atoms with E-state index in [1.54, 1.807) is 24.3 Å². The Bertz CT molecular complexity index is 1100. The Labute approximate surface area is 173 Å². The van der Waals surface area contributed by atoms with E-state index in [4.69, 9.17) is 9.15 Å². The van der Waals surface area contributed by atoms with Crippen LogP contribution in [0.25, 0.3) is 11.3 Å². The van der Waals surface area contributed by atoms with Gasteiger partial charge in [0.1, 0.15) is 17.3 Å². The smallest absolute Gasteiger partial charge is 0.277 e. The SMILES string of the molecule is Cc1ccc(C)c(OCC(=O)N/N=C/c2ccc(-c3ccc([N+](=O)[O-])cc3)o2)c1C. The number of amides is 1. The highest BCUT2D eigenvalue weighted by Gasteiger charge is 2.10. The number of hydrazone groups is 1. The molecule has 1 N–H and O–H groups in total. The van der Waals surface area contributed by atoms with Crippen LogP contribution in [0.3, 0.4) is 0 Å². The third-order valence-corrected chi connectivity index (χ3v) is 4.59. The van der Waals surface area contributed by atoms with E-state index in [0.29, 0.717) is 22.8 Å². The number of nitro groups is 1. The van der Waals surface area contributed by atoms with Crippen molar-refractivity contribution < 1.29 is 18.9 Å². The van der Waals surface area contributed by atoms with Crippen molar-refractivity contribution in [2.75, 3.05) is 6.61 Å². The summed E-state index contributed by atoms with van der Waals surface area (Å²) in [6.45, 7) is 5.71. The Morgan fingerprint density at radius 3 is 2.50 bits per heavy atom. The van der Waals surface area contributed by atoms with Crippen LogP contribution in [0.15, 0.2) is 58.0 Å². The molecule has 1 heterocycles. The molecule has 0 radical (unpaired) electrons. The zero-order chi connectivity index (χ0) is 21.7. The number of rotatable bonds is 7. The highest BCUT2D eigenvalue weighted by Crippen LogP contribution is 2.26. The molecule has 1 aromatic heterocycles. The van der Waals surface area contributed by atoms with Crippen LogP contribution in [-0.4, -0.2) is 23.7 Å². The van der Waals surface area contributed by atoms with Crippen molar-refractivity contribution in [2.45, 2.75) is 20.8 Å². The molecule has 0 saturated heterocycles. The number of ether oxygens (including phenoxy) is 1. The van der Waals surface area contributed by atoms with Crippen LogP contribution >= 0.6 is 0 Å². The number of benzene rings is 2. The maximum atomic E-state index is 12.0. The molecular weight excluding hydrogens is 386 g/mol. The fourth-order valence-electron chi connectivity index (χ4n) is 2.81. The van der Waals surface area contributed by atoms with Gasteiger partial charge in [-0.05, 0) is 61.7 Å². The maximum Gasteiger partial charge on any atom is 0.277 e. The van der Waals surface area contributed by atoms with Crippen molar-refractivity contribution in [1.29, 1.82) is 0 Å². The van der Waals surface area contributed by atoms with Gasteiger partial charge in [-0.25, -0.2) is 5.43 Å². The van der Waals surface area contributed by atoms with Gasteiger partial charge in [-0.15, -0.1) is 0 Å². The van der Waals surface area contributed by atoms with E-state index >= 15 is 0 Å². The molecule has 0 unspecified atom stereocenters. The molecule has 0 aliphatic heterocycles. The molecule has 0 aliphatic rings. The van der Waals surface area contributed by atoms with E-state index in [-0.39, 0.29) is 12.3 Å². The van der Waals surface area contributed by atoms with Crippen LogP contribution in [0.5, 0.6) is 5.75 Å². The number of carbonyl (C=O) groups excluding carboxylic acids is 1. The Balaban J connectivity index is 1.55. The van der Waals surface area contributed by atoms with E-state index in [1.807, 2.05) is 32.9 Å². The van der Waals surface area contributed by atoms with Gasteiger partial charge in [-0.1, -0.05) is 12.1 Å². The molecule has 8 nitrogen and oxygen atoms in total. The lowest BCUT2D eigenvalue weighted by Gasteiger charge is -2.13. The first-order valence-corrected chi connectivity index (χ1v) is 9.21. The number of nitrogens with zero attached hydrogens (tertiary/aromatic N) is 2. The summed E-state index contributed by atoms with van der Waals surface area (Å²) in [7, 11) is 0. The number of hydrogen-bond donors (Lipinski definition) is 1. The molecule has 0 aliphatic carbocycles. The second kappa shape index (κ2) is 9.04. The van der Waals surface area contributed by atoms with Crippen molar-refractivity contribution >= 4 is 17.8 Å².